The predicted molar refractivity (Wildman–Crippen MR) is 140 cm³/mol. The molecule has 1 aromatic carbocycles. The Morgan fingerprint density at radius 3 is 2.59 bits per heavy atom. The van der Waals surface area contributed by atoms with Crippen molar-refractivity contribution in [2.75, 3.05) is 51.2 Å². The van der Waals surface area contributed by atoms with Gasteiger partial charge in [-0.3, -0.25) is 4.79 Å². The number of benzene rings is 1. The lowest BCUT2D eigenvalue weighted by molar-refractivity contribution is 0.0781. The number of hydrogen-bond donors (Lipinski definition) is 2. The van der Waals surface area contributed by atoms with E-state index in [1.165, 1.54) is 0 Å². The molecule has 192 valence electrons. The number of rotatable bonds is 5. The van der Waals surface area contributed by atoms with Crippen molar-refractivity contribution in [2.24, 2.45) is 11.8 Å². The average Bonchev–Trinajstić information content (AvgIpc) is 3.64. The van der Waals surface area contributed by atoms with Gasteiger partial charge in [0.2, 0.25) is 5.95 Å². The van der Waals surface area contributed by atoms with E-state index < -0.39 is 0 Å². The zero-order chi connectivity index (χ0) is 25.4. The third-order valence-corrected chi connectivity index (χ3v) is 7.51. The molecule has 5 heterocycles. The number of anilines is 2. The zero-order valence-electron chi connectivity index (χ0n) is 20.9. The van der Waals surface area contributed by atoms with Crippen molar-refractivity contribution in [3.8, 4) is 0 Å². The number of aromatic nitrogens is 3. The molecule has 3 aliphatic heterocycles. The molecule has 2 atom stereocenters. The summed E-state index contributed by atoms with van der Waals surface area (Å²) in [5.74, 6) is 1.74. The maximum atomic E-state index is 13.0. The van der Waals surface area contributed by atoms with Crippen LogP contribution >= 0.6 is 0 Å². The highest BCUT2D eigenvalue weighted by Crippen LogP contribution is 2.29. The molecule has 3 aliphatic rings. The van der Waals surface area contributed by atoms with Gasteiger partial charge in [-0.15, -0.1) is 5.10 Å². The first-order chi connectivity index (χ1) is 18.1. The summed E-state index contributed by atoms with van der Waals surface area (Å²) in [4.78, 5) is 33.4. The largest absolute Gasteiger partial charge is 0.450 e. The lowest BCUT2D eigenvalue weighted by atomic mass is 10.0. The van der Waals surface area contributed by atoms with Gasteiger partial charge in [0.1, 0.15) is 0 Å². The Morgan fingerprint density at radius 1 is 1.11 bits per heavy atom. The Morgan fingerprint density at radius 2 is 1.89 bits per heavy atom. The van der Waals surface area contributed by atoms with Gasteiger partial charge in [0.25, 0.3) is 5.91 Å². The van der Waals surface area contributed by atoms with E-state index in [1.807, 2.05) is 54.4 Å². The summed E-state index contributed by atoms with van der Waals surface area (Å²) in [5, 5.41) is 11.3. The number of hydrogen-bond acceptors (Lipinski definition) is 7. The Labute approximate surface area is 215 Å². The first kappa shape index (κ1) is 23.5. The summed E-state index contributed by atoms with van der Waals surface area (Å²) in [7, 11) is 0. The van der Waals surface area contributed by atoms with Gasteiger partial charge in [-0.1, -0.05) is 6.08 Å². The van der Waals surface area contributed by atoms with Gasteiger partial charge < -0.3 is 25.2 Å². The van der Waals surface area contributed by atoms with Crippen molar-refractivity contribution in [3.05, 3.63) is 59.8 Å². The Hall–Kier alpha value is -3.92. The molecule has 2 saturated heterocycles. The van der Waals surface area contributed by atoms with Gasteiger partial charge in [0, 0.05) is 62.3 Å². The Balaban J connectivity index is 1.14. The molecule has 10 heteroatoms. The van der Waals surface area contributed by atoms with E-state index in [4.69, 9.17) is 9.72 Å². The van der Waals surface area contributed by atoms with Crippen molar-refractivity contribution in [1.82, 2.24) is 29.7 Å². The summed E-state index contributed by atoms with van der Waals surface area (Å²) in [6.07, 6.45) is 4.36. The zero-order valence-corrected chi connectivity index (χ0v) is 20.9. The van der Waals surface area contributed by atoms with Crippen LogP contribution in [0.25, 0.3) is 11.2 Å². The molecule has 3 aromatic rings. The van der Waals surface area contributed by atoms with Gasteiger partial charge >= 0.3 is 6.09 Å². The number of fused-ring (bicyclic) bond motifs is 2. The SMILES string of the molecule is CCOC(=O)N1CC=C(c2cccn3nc(Nc4ccc(C(=O)N5CC6CNCC6C5)cc4)nc23)CC1. The highest BCUT2D eigenvalue weighted by molar-refractivity contribution is 5.94. The maximum absolute atomic E-state index is 13.0. The number of likely N-dealkylation sites (tertiary alicyclic amines) is 1. The molecule has 0 spiro atoms. The first-order valence-corrected chi connectivity index (χ1v) is 12.9. The summed E-state index contributed by atoms with van der Waals surface area (Å²) in [6, 6.07) is 11.5. The number of nitrogens with one attached hydrogen (secondary N) is 2. The molecular formula is C27H31N7O3. The van der Waals surface area contributed by atoms with E-state index in [0.29, 0.717) is 43.0 Å². The number of pyridine rings is 1. The van der Waals surface area contributed by atoms with Crippen LogP contribution in [-0.4, -0.2) is 82.3 Å². The van der Waals surface area contributed by atoms with Crippen molar-refractivity contribution in [3.63, 3.8) is 0 Å². The second-order valence-electron chi connectivity index (χ2n) is 9.84. The summed E-state index contributed by atoms with van der Waals surface area (Å²) < 4.78 is 6.87. The average molecular weight is 502 g/mol. The molecule has 2 amide bonds. The van der Waals surface area contributed by atoms with E-state index in [0.717, 1.165) is 55.1 Å². The second-order valence-corrected chi connectivity index (χ2v) is 9.84. The lowest BCUT2D eigenvalue weighted by Gasteiger charge is -2.25. The van der Waals surface area contributed by atoms with Gasteiger partial charge in [0.15, 0.2) is 5.65 Å². The fraction of sp³-hybridized carbons (Fsp3) is 0.407. The van der Waals surface area contributed by atoms with Crippen LogP contribution in [0.5, 0.6) is 0 Å². The summed E-state index contributed by atoms with van der Waals surface area (Å²) in [5.41, 5.74) is 4.40. The highest BCUT2D eigenvalue weighted by atomic mass is 16.6. The van der Waals surface area contributed by atoms with E-state index in [2.05, 4.69) is 21.8 Å². The topological polar surface area (TPSA) is 104 Å². The third-order valence-electron chi connectivity index (χ3n) is 7.51. The standard InChI is InChI=1S/C27H31N7O3/c1-2-37-27(36)32-12-9-18(10-13-32)23-4-3-11-34-24(23)30-26(31-34)29-22-7-5-19(6-8-22)25(35)33-16-20-14-28-15-21(20)17-33/h3-9,11,20-21,28H,2,10,12-17H2,1H3,(H,29,31). The fourth-order valence-corrected chi connectivity index (χ4v) is 5.53. The van der Waals surface area contributed by atoms with Gasteiger partial charge in [-0.05, 0) is 67.2 Å². The molecule has 10 nitrogen and oxygen atoms in total. The number of carbonyl (C=O) groups is 2. The monoisotopic (exact) mass is 501 g/mol. The molecule has 0 bridgehead atoms. The van der Waals surface area contributed by atoms with E-state index in [-0.39, 0.29) is 12.0 Å². The van der Waals surface area contributed by atoms with Crippen LogP contribution in [-0.2, 0) is 4.74 Å². The van der Waals surface area contributed by atoms with Crippen LogP contribution in [0.4, 0.5) is 16.4 Å². The molecule has 0 saturated carbocycles. The highest BCUT2D eigenvalue weighted by Gasteiger charge is 2.38. The fourth-order valence-electron chi connectivity index (χ4n) is 5.53. The van der Waals surface area contributed by atoms with E-state index in [9.17, 15) is 9.59 Å². The van der Waals surface area contributed by atoms with Gasteiger partial charge in [-0.2, -0.15) is 4.98 Å². The Kier molecular flexibility index (Phi) is 6.25. The second kappa shape index (κ2) is 9.85. The van der Waals surface area contributed by atoms with Crippen LogP contribution in [0.3, 0.4) is 0 Å². The molecule has 2 aromatic heterocycles. The number of ether oxygens (including phenoxy) is 1. The molecule has 0 aliphatic carbocycles. The predicted octanol–water partition coefficient (Wildman–Crippen LogP) is 3.01. The number of carbonyl (C=O) groups excluding carboxylic acids is 2. The first-order valence-electron chi connectivity index (χ1n) is 12.9. The minimum absolute atomic E-state index is 0.0960. The minimum atomic E-state index is -0.280. The normalized spacial score (nSPS) is 21.2. The van der Waals surface area contributed by atoms with Crippen molar-refractivity contribution in [2.45, 2.75) is 13.3 Å². The smallest absolute Gasteiger partial charge is 0.410 e. The molecule has 2 unspecified atom stereocenters. The van der Waals surface area contributed by atoms with Crippen LogP contribution < -0.4 is 10.6 Å². The summed E-state index contributed by atoms with van der Waals surface area (Å²) >= 11 is 0. The van der Waals surface area contributed by atoms with Crippen LogP contribution in [0, 0.1) is 11.8 Å². The van der Waals surface area contributed by atoms with E-state index in [1.54, 1.807) is 9.42 Å². The number of amides is 2. The molecule has 2 N–H and O–H groups in total. The third kappa shape index (κ3) is 4.64. The number of nitrogens with zero attached hydrogens (tertiary/aromatic N) is 5. The van der Waals surface area contributed by atoms with Gasteiger partial charge in [0.05, 0.1) is 6.61 Å². The van der Waals surface area contributed by atoms with Crippen LogP contribution in [0.2, 0.25) is 0 Å². The minimum Gasteiger partial charge on any atom is -0.450 e. The molecule has 37 heavy (non-hydrogen) atoms. The summed E-state index contributed by atoms with van der Waals surface area (Å²) in [6.45, 7) is 6.98. The van der Waals surface area contributed by atoms with E-state index >= 15 is 0 Å². The molecular weight excluding hydrogens is 470 g/mol. The molecule has 6 rings (SSSR count). The van der Waals surface area contributed by atoms with Crippen LogP contribution in [0.1, 0.15) is 29.3 Å². The van der Waals surface area contributed by atoms with Crippen molar-refractivity contribution in [1.29, 1.82) is 0 Å². The van der Waals surface area contributed by atoms with Gasteiger partial charge in [-0.25, -0.2) is 9.31 Å². The molecule has 2 fully saturated rings. The van der Waals surface area contributed by atoms with Crippen LogP contribution in [0.15, 0.2) is 48.7 Å². The molecule has 0 radical (unpaired) electrons. The van der Waals surface area contributed by atoms with Crippen molar-refractivity contribution < 1.29 is 14.3 Å². The van der Waals surface area contributed by atoms with Crippen molar-refractivity contribution >= 4 is 34.9 Å². The quantitative estimate of drug-likeness (QED) is 0.554. The maximum Gasteiger partial charge on any atom is 0.410 e. The Bertz CT molecular complexity index is 1340. The lowest BCUT2D eigenvalue weighted by Crippen LogP contribution is -2.35.